The molecule has 0 radical (unpaired) electrons. The molecular formula is C17H20N2O2. The molecule has 2 rings (SSSR count). The van der Waals surface area contributed by atoms with Crippen LogP contribution in [0.5, 0.6) is 5.75 Å². The van der Waals surface area contributed by atoms with Crippen molar-refractivity contribution in [1.29, 1.82) is 0 Å². The van der Waals surface area contributed by atoms with Gasteiger partial charge in [0.15, 0.2) is 0 Å². The third-order valence-corrected chi connectivity index (χ3v) is 3.44. The van der Waals surface area contributed by atoms with Crippen LogP contribution in [0.15, 0.2) is 36.4 Å². The van der Waals surface area contributed by atoms with Crippen LogP contribution in [-0.4, -0.2) is 11.0 Å². The second-order valence-electron chi connectivity index (χ2n) is 5.24. The zero-order chi connectivity index (χ0) is 15.4. The Morgan fingerprint density at radius 1 is 1.14 bits per heavy atom. The standard InChI is InChI=1S/C17H20N2O2/c1-11-10-16(20)12(2)9-15(11)19-17(21)8-5-13-3-6-14(18)7-4-13/h3-4,6-7,9-10,20H,5,8,18H2,1-2H3,(H,19,21). The van der Waals surface area contributed by atoms with Crippen LogP contribution < -0.4 is 11.1 Å². The van der Waals surface area contributed by atoms with Gasteiger partial charge in [0.1, 0.15) is 5.75 Å². The normalized spacial score (nSPS) is 10.4. The lowest BCUT2D eigenvalue weighted by Gasteiger charge is -2.10. The van der Waals surface area contributed by atoms with Crippen LogP contribution in [0.3, 0.4) is 0 Å². The van der Waals surface area contributed by atoms with Crippen LogP contribution in [0.25, 0.3) is 0 Å². The Hall–Kier alpha value is -2.49. The summed E-state index contributed by atoms with van der Waals surface area (Å²) in [4.78, 5) is 12.0. The van der Waals surface area contributed by atoms with E-state index in [1.54, 1.807) is 19.1 Å². The maximum absolute atomic E-state index is 12.0. The summed E-state index contributed by atoms with van der Waals surface area (Å²) in [5.74, 6) is 0.201. The second-order valence-corrected chi connectivity index (χ2v) is 5.24. The monoisotopic (exact) mass is 284 g/mol. The Labute approximate surface area is 124 Å². The number of nitrogen functional groups attached to an aromatic ring is 1. The number of aromatic hydroxyl groups is 1. The highest BCUT2D eigenvalue weighted by Crippen LogP contribution is 2.25. The molecule has 0 aliphatic heterocycles. The van der Waals surface area contributed by atoms with Crippen LogP contribution in [0.1, 0.15) is 23.1 Å². The fourth-order valence-electron chi connectivity index (χ4n) is 2.09. The minimum atomic E-state index is -0.0417. The van der Waals surface area contributed by atoms with Gasteiger partial charge in [-0.3, -0.25) is 4.79 Å². The van der Waals surface area contributed by atoms with Gasteiger partial charge in [-0.05, 0) is 61.2 Å². The minimum absolute atomic E-state index is 0.0417. The first kappa shape index (κ1) is 14.9. The maximum atomic E-state index is 12.0. The van der Waals surface area contributed by atoms with Crippen LogP contribution in [-0.2, 0) is 11.2 Å². The topological polar surface area (TPSA) is 75.4 Å². The van der Waals surface area contributed by atoms with Gasteiger partial charge in [0, 0.05) is 17.8 Å². The number of hydrogen-bond acceptors (Lipinski definition) is 3. The molecule has 2 aromatic carbocycles. The highest BCUT2D eigenvalue weighted by molar-refractivity contribution is 5.91. The molecule has 21 heavy (non-hydrogen) atoms. The molecule has 0 saturated carbocycles. The molecule has 0 heterocycles. The molecule has 110 valence electrons. The lowest BCUT2D eigenvalue weighted by atomic mass is 10.1. The van der Waals surface area contributed by atoms with Crippen molar-refractivity contribution in [3.05, 3.63) is 53.1 Å². The number of phenols is 1. The Morgan fingerprint density at radius 3 is 2.48 bits per heavy atom. The van der Waals surface area contributed by atoms with Crippen LogP contribution in [0.2, 0.25) is 0 Å². The largest absolute Gasteiger partial charge is 0.508 e. The molecule has 0 aromatic heterocycles. The SMILES string of the molecule is Cc1cc(NC(=O)CCc2ccc(N)cc2)c(C)cc1O. The van der Waals surface area contributed by atoms with Crippen molar-refractivity contribution in [1.82, 2.24) is 0 Å². The van der Waals surface area contributed by atoms with Crippen molar-refractivity contribution < 1.29 is 9.90 Å². The molecule has 0 aliphatic carbocycles. The van der Waals surface area contributed by atoms with E-state index >= 15 is 0 Å². The number of anilines is 2. The van der Waals surface area contributed by atoms with E-state index in [9.17, 15) is 9.90 Å². The maximum Gasteiger partial charge on any atom is 0.224 e. The summed E-state index contributed by atoms with van der Waals surface area (Å²) in [5, 5.41) is 12.5. The van der Waals surface area contributed by atoms with Crippen LogP contribution in [0, 0.1) is 13.8 Å². The van der Waals surface area contributed by atoms with E-state index < -0.39 is 0 Å². The van der Waals surface area contributed by atoms with Crippen LogP contribution >= 0.6 is 0 Å². The van der Waals surface area contributed by atoms with Crippen LogP contribution in [0.4, 0.5) is 11.4 Å². The molecule has 0 bridgehead atoms. The molecule has 4 nitrogen and oxygen atoms in total. The van der Waals surface area contributed by atoms with E-state index in [0.29, 0.717) is 12.8 Å². The Morgan fingerprint density at radius 2 is 1.81 bits per heavy atom. The van der Waals surface area contributed by atoms with E-state index in [1.165, 1.54) is 0 Å². The number of nitrogens with two attached hydrogens (primary N) is 1. The number of carbonyl (C=O) groups excluding carboxylic acids is 1. The zero-order valence-electron chi connectivity index (χ0n) is 12.3. The second kappa shape index (κ2) is 6.31. The first-order valence-corrected chi connectivity index (χ1v) is 6.90. The number of aryl methyl sites for hydroxylation is 3. The van der Waals surface area contributed by atoms with Gasteiger partial charge in [-0.1, -0.05) is 12.1 Å². The fraction of sp³-hybridized carbons (Fsp3) is 0.235. The van der Waals surface area contributed by atoms with Crippen molar-refractivity contribution in [3.63, 3.8) is 0 Å². The number of nitrogens with one attached hydrogen (secondary N) is 1. The van der Waals surface area contributed by atoms with E-state index in [0.717, 1.165) is 28.1 Å². The van der Waals surface area contributed by atoms with Gasteiger partial charge >= 0.3 is 0 Å². The van der Waals surface area contributed by atoms with Gasteiger partial charge < -0.3 is 16.2 Å². The number of hydrogen-bond donors (Lipinski definition) is 3. The molecule has 0 saturated heterocycles. The molecule has 0 aliphatic rings. The first-order chi connectivity index (χ1) is 9.95. The molecule has 0 atom stereocenters. The van der Waals surface area contributed by atoms with Crippen molar-refractivity contribution in [2.45, 2.75) is 26.7 Å². The predicted octanol–water partition coefficient (Wildman–Crippen LogP) is 3.16. The summed E-state index contributed by atoms with van der Waals surface area (Å²) in [6.45, 7) is 3.66. The molecule has 0 spiro atoms. The highest BCUT2D eigenvalue weighted by Gasteiger charge is 2.08. The molecule has 0 fully saturated rings. The van der Waals surface area contributed by atoms with E-state index in [-0.39, 0.29) is 11.7 Å². The van der Waals surface area contributed by atoms with Gasteiger partial charge in [0.05, 0.1) is 0 Å². The van der Waals surface area contributed by atoms with E-state index in [1.807, 2.05) is 31.2 Å². The Bertz CT molecular complexity index is 649. The predicted molar refractivity (Wildman–Crippen MR) is 85.4 cm³/mol. The first-order valence-electron chi connectivity index (χ1n) is 6.90. The average molecular weight is 284 g/mol. The quantitative estimate of drug-likeness (QED) is 0.596. The van der Waals surface area contributed by atoms with Crippen molar-refractivity contribution in [2.75, 3.05) is 11.1 Å². The van der Waals surface area contributed by atoms with E-state index in [4.69, 9.17) is 5.73 Å². The van der Waals surface area contributed by atoms with E-state index in [2.05, 4.69) is 5.32 Å². The summed E-state index contributed by atoms with van der Waals surface area (Å²) < 4.78 is 0. The smallest absolute Gasteiger partial charge is 0.224 e. The molecular weight excluding hydrogens is 264 g/mol. The third kappa shape index (κ3) is 3.99. The summed E-state index contributed by atoms with van der Waals surface area (Å²) in [6.07, 6.45) is 1.07. The number of rotatable bonds is 4. The fourth-order valence-corrected chi connectivity index (χ4v) is 2.09. The van der Waals surface area contributed by atoms with Gasteiger partial charge in [-0.15, -0.1) is 0 Å². The summed E-state index contributed by atoms with van der Waals surface area (Å²) in [5.41, 5.74) is 9.76. The summed E-state index contributed by atoms with van der Waals surface area (Å²) in [6, 6.07) is 11.0. The lowest BCUT2D eigenvalue weighted by molar-refractivity contribution is -0.116. The molecule has 4 heteroatoms. The number of carbonyl (C=O) groups is 1. The Balaban J connectivity index is 1.96. The Kier molecular flexibility index (Phi) is 4.48. The van der Waals surface area contributed by atoms with Gasteiger partial charge in [0.25, 0.3) is 0 Å². The highest BCUT2D eigenvalue weighted by atomic mass is 16.3. The van der Waals surface area contributed by atoms with Crippen molar-refractivity contribution in [2.24, 2.45) is 0 Å². The van der Waals surface area contributed by atoms with Gasteiger partial charge in [0.2, 0.25) is 5.91 Å². The lowest BCUT2D eigenvalue weighted by Crippen LogP contribution is -2.13. The number of benzene rings is 2. The number of phenolic OH excluding ortho intramolecular Hbond substituents is 1. The van der Waals surface area contributed by atoms with Gasteiger partial charge in [-0.2, -0.15) is 0 Å². The van der Waals surface area contributed by atoms with Crippen molar-refractivity contribution >= 4 is 17.3 Å². The molecule has 0 unspecified atom stereocenters. The average Bonchev–Trinajstić information content (AvgIpc) is 2.44. The van der Waals surface area contributed by atoms with Gasteiger partial charge in [-0.25, -0.2) is 0 Å². The molecule has 4 N–H and O–H groups in total. The summed E-state index contributed by atoms with van der Waals surface area (Å²) in [7, 11) is 0. The minimum Gasteiger partial charge on any atom is -0.508 e. The molecule has 2 aromatic rings. The summed E-state index contributed by atoms with van der Waals surface area (Å²) >= 11 is 0. The zero-order valence-corrected chi connectivity index (χ0v) is 12.3. The molecule has 1 amide bonds. The van der Waals surface area contributed by atoms with Crippen molar-refractivity contribution in [3.8, 4) is 5.75 Å². The number of amides is 1. The third-order valence-electron chi connectivity index (χ3n) is 3.44.